The maximum absolute atomic E-state index is 5.86. The maximum atomic E-state index is 5.86. The molecule has 0 aromatic rings. The first-order valence-electron chi connectivity index (χ1n) is 4.55. The fraction of sp³-hybridized carbons (Fsp3) is 0.667. The number of allylic oxidation sites excluding steroid dienone is 3. The first kappa shape index (κ1) is 17.2. The van der Waals surface area contributed by atoms with E-state index in [0.717, 1.165) is 5.57 Å². The molecule has 0 rings (SSSR count). The molecule has 0 saturated carbocycles. The molecule has 0 N–H and O–H groups in total. The molecule has 0 radical (unpaired) electrons. The molecule has 0 heterocycles. The third kappa shape index (κ3) is 10.8. The predicted molar refractivity (Wildman–Crippen MR) is 54.5 cm³/mol. The molecular formula is C12H20VW-2. The quantitative estimate of drug-likeness (QED) is 0.465. The van der Waals surface area contributed by atoms with Crippen LogP contribution in [0.15, 0.2) is 11.6 Å². The van der Waals surface area contributed by atoms with Gasteiger partial charge in [-0.2, -0.15) is 0 Å². The van der Waals surface area contributed by atoms with Crippen molar-refractivity contribution in [2.24, 2.45) is 10.8 Å². The average molecular weight is 399 g/mol. The van der Waals surface area contributed by atoms with Crippen LogP contribution < -0.4 is 0 Å². The van der Waals surface area contributed by atoms with Crippen molar-refractivity contribution in [3.8, 4) is 0 Å². The second-order valence-electron chi connectivity index (χ2n) is 5.24. The molecule has 81 valence electrons. The van der Waals surface area contributed by atoms with E-state index in [2.05, 4.69) is 61.7 Å². The zero-order valence-electron chi connectivity index (χ0n) is 10.0. The van der Waals surface area contributed by atoms with Gasteiger partial charge in [0, 0.05) is 0 Å². The van der Waals surface area contributed by atoms with E-state index in [1.54, 1.807) is 0 Å². The molecule has 0 aliphatic heterocycles. The Morgan fingerprint density at radius 2 is 1.50 bits per heavy atom. The molecular weight excluding hydrogens is 379 g/mol. The number of hydrogen-bond acceptors (Lipinski definition) is 0. The summed E-state index contributed by atoms with van der Waals surface area (Å²) in [6, 6.07) is 0. The first-order valence-corrected chi connectivity index (χ1v) is 10.5. The van der Waals surface area contributed by atoms with Gasteiger partial charge in [-0.05, 0) is 0 Å². The summed E-state index contributed by atoms with van der Waals surface area (Å²) in [5.74, 6) is 0. The first-order chi connectivity index (χ1) is 6.13. The van der Waals surface area contributed by atoms with Gasteiger partial charge in [-0.25, -0.2) is 0 Å². The Balaban J connectivity index is 0. The molecule has 0 aliphatic rings. The van der Waals surface area contributed by atoms with Gasteiger partial charge < -0.3 is 24.3 Å². The normalized spacial score (nSPS) is 12.1. The molecule has 0 atom stereocenters. The minimum atomic E-state index is 0.0538. The van der Waals surface area contributed by atoms with E-state index in [4.69, 9.17) is 6.58 Å². The van der Waals surface area contributed by atoms with Gasteiger partial charge >= 0.3 is 30.9 Å². The summed E-state index contributed by atoms with van der Waals surface area (Å²) in [4.78, 5) is 0. The molecule has 0 bridgehead atoms. The molecule has 0 spiro atoms. The van der Waals surface area contributed by atoms with Crippen LogP contribution in [0, 0.1) is 23.5 Å². The molecule has 0 amide bonds. The Morgan fingerprint density at radius 1 is 1.14 bits per heavy atom. The fourth-order valence-electron chi connectivity index (χ4n) is 0.511. The van der Waals surface area contributed by atoms with Crippen molar-refractivity contribution in [3.05, 3.63) is 24.3 Å². The number of rotatable bonds is 1. The van der Waals surface area contributed by atoms with E-state index in [9.17, 15) is 0 Å². The van der Waals surface area contributed by atoms with Crippen LogP contribution in [0.25, 0.3) is 0 Å². The predicted octanol–water partition coefficient (Wildman–Crippen LogP) is 3.79. The molecule has 0 aliphatic carbocycles. The third-order valence-corrected chi connectivity index (χ3v) is 1.53. The average Bonchev–Trinajstić information content (AvgIpc) is 2.01. The Labute approximate surface area is 107 Å². The van der Waals surface area contributed by atoms with E-state index in [1.165, 1.54) is 16.8 Å². The second kappa shape index (κ2) is 7.10. The summed E-state index contributed by atoms with van der Waals surface area (Å²) < 4.78 is 0. The summed E-state index contributed by atoms with van der Waals surface area (Å²) in [5.41, 5.74) is 1.03. The molecule has 0 nitrogen and oxygen atoms in total. The van der Waals surface area contributed by atoms with Gasteiger partial charge in [0.25, 0.3) is 0 Å². The Morgan fingerprint density at radius 3 is 1.71 bits per heavy atom. The van der Waals surface area contributed by atoms with Gasteiger partial charge in [-0.3, -0.25) is 0 Å². The van der Waals surface area contributed by atoms with Crippen LogP contribution in [0.4, 0.5) is 0 Å². The third-order valence-electron chi connectivity index (χ3n) is 1.53. The Hall–Kier alpha value is 0.753. The summed E-state index contributed by atoms with van der Waals surface area (Å²) in [7, 11) is 0. The zero-order valence-corrected chi connectivity index (χ0v) is 14.3. The van der Waals surface area contributed by atoms with Crippen molar-refractivity contribution in [3.63, 3.8) is 0 Å². The van der Waals surface area contributed by atoms with Crippen molar-refractivity contribution in [2.45, 2.75) is 41.5 Å². The van der Waals surface area contributed by atoms with Crippen molar-refractivity contribution in [2.75, 3.05) is 0 Å². The van der Waals surface area contributed by atoms with Crippen LogP contribution >= 0.6 is 0 Å². The van der Waals surface area contributed by atoms with Crippen LogP contribution in [-0.2, 0) is 30.9 Å². The molecule has 0 unspecified atom stereocenters. The summed E-state index contributed by atoms with van der Waals surface area (Å²) >= 11 is 3.92. The van der Waals surface area contributed by atoms with E-state index in [1.807, 2.05) is 6.08 Å². The fourth-order valence-corrected chi connectivity index (χ4v) is 0.511. The van der Waals surface area contributed by atoms with Crippen molar-refractivity contribution < 1.29 is 30.9 Å². The van der Waals surface area contributed by atoms with E-state index >= 15 is 0 Å². The van der Waals surface area contributed by atoms with Gasteiger partial charge in [0.2, 0.25) is 0 Å². The van der Waals surface area contributed by atoms with E-state index in [-0.39, 0.29) is 10.8 Å². The second-order valence-corrected chi connectivity index (χ2v) is 5.24. The van der Waals surface area contributed by atoms with Crippen LogP contribution in [0.5, 0.6) is 0 Å². The van der Waals surface area contributed by atoms with Gasteiger partial charge in [0.05, 0.1) is 0 Å². The van der Waals surface area contributed by atoms with Gasteiger partial charge in [0.15, 0.2) is 0 Å². The van der Waals surface area contributed by atoms with Crippen LogP contribution in [0.1, 0.15) is 41.5 Å². The monoisotopic (exact) mass is 399 g/mol. The molecule has 0 fully saturated rings. The number of hydrogen-bond donors (Lipinski definition) is 0. The zero-order chi connectivity index (χ0) is 12.0. The summed E-state index contributed by atoms with van der Waals surface area (Å²) in [6.45, 7) is 18.5. The molecule has 0 aromatic heterocycles. The van der Waals surface area contributed by atoms with Gasteiger partial charge in [-0.1, -0.05) is 41.5 Å². The Bertz CT molecular complexity index is 203. The standard InChI is InChI=1S/C12H20.V.W/c1-10(12(5,6)7)8-9-11(2,3)4;;/h1,8H,2-7H3;;/q-2;;. The molecule has 2 heteroatoms. The van der Waals surface area contributed by atoms with E-state index < -0.39 is 0 Å². The SMILES string of the molecule is [CH-]=C(C=[C-]C(C)(C)C)C(C)(C)C.[V]=[W]. The summed E-state index contributed by atoms with van der Waals surface area (Å²) in [5, 5.41) is 0. The topological polar surface area (TPSA) is 0 Å². The van der Waals surface area contributed by atoms with Crippen molar-refractivity contribution in [1.29, 1.82) is 0 Å². The van der Waals surface area contributed by atoms with Gasteiger partial charge in [-0.15, -0.1) is 10.8 Å². The molecule has 0 aromatic carbocycles. The Kier molecular flexibility index (Phi) is 8.70. The van der Waals surface area contributed by atoms with Gasteiger partial charge in [0.1, 0.15) is 0 Å². The van der Waals surface area contributed by atoms with Crippen LogP contribution in [0.2, 0.25) is 0 Å². The van der Waals surface area contributed by atoms with Crippen LogP contribution in [-0.4, -0.2) is 0 Å². The van der Waals surface area contributed by atoms with E-state index in [0.29, 0.717) is 0 Å². The van der Waals surface area contributed by atoms with Crippen molar-refractivity contribution >= 4 is 0 Å². The summed E-state index contributed by atoms with van der Waals surface area (Å²) in [6.07, 6.45) is 5.14. The minimum absolute atomic E-state index is 0.0538. The van der Waals surface area contributed by atoms with Crippen molar-refractivity contribution in [1.82, 2.24) is 0 Å². The van der Waals surface area contributed by atoms with Crippen LogP contribution in [0.3, 0.4) is 0 Å². The molecule has 14 heavy (non-hydrogen) atoms. The molecule has 0 saturated heterocycles.